The zero-order valence-corrected chi connectivity index (χ0v) is 24.4. The van der Waals surface area contributed by atoms with Gasteiger partial charge < -0.3 is 30.5 Å². The summed E-state index contributed by atoms with van der Waals surface area (Å²) in [6.07, 6.45) is 9.28. The average molecular weight is 600 g/mol. The van der Waals surface area contributed by atoms with E-state index >= 15 is 0 Å². The molecule has 0 saturated heterocycles. The summed E-state index contributed by atoms with van der Waals surface area (Å²) >= 11 is 0. The minimum Gasteiger partial charge on any atom is -0.508 e. The van der Waals surface area contributed by atoms with Gasteiger partial charge in [0, 0.05) is 31.4 Å². The van der Waals surface area contributed by atoms with Crippen LogP contribution in [-0.2, 0) is 22.6 Å². The maximum absolute atomic E-state index is 12.5. The fourth-order valence-corrected chi connectivity index (χ4v) is 4.17. The third-order valence-electron chi connectivity index (χ3n) is 6.60. The molecule has 3 rings (SSSR count). The Bertz CT molecular complexity index is 1240. The van der Waals surface area contributed by atoms with Gasteiger partial charge in [-0.1, -0.05) is 55.3 Å². The first-order valence-electron chi connectivity index (χ1n) is 14.6. The van der Waals surface area contributed by atoms with E-state index in [1.165, 1.54) is 30.2 Å². The summed E-state index contributed by atoms with van der Waals surface area (Å²) in [6.45, 7) is 2.77. The number of aliphatic carboxylic acids is 1. The highest BCUT2D eigenvalue weighted by Crippen LogP contribution is 2.22. The Morgan fingerprint density at radius 2 is 1.60 bits per heavy atom. The van der Waals surface area contributed by atoms with Crippen LogP contribution >= 0.6 is 0 Å². The number of aromatic hydroxyl groups is 1. The summed E-state index contributed by atoms with van der Waals surface area (Å²) in [5, 5.41) is 40.5. The van der Waals surface area contributed by atoms with Crippen molar-refractivity contribution in [2.24, 2.45) is 0 Å². The van der Waals surface area contributed by atoms with E-state index in [-0.39, 0.29) is 12.4 Å². The lowest BCUT2D eigenvalue weighted by Crippen LogP contribution is -2.22. The van der Waals surface area contributed by atoms with Crippen molar-refractivity contribution in [3.05, 3.63) is 107 Å². The van der Waals surface area contributed by atoms with Crippen molar-refractivity contribution in [3.8, 4) is 5.75 Å². The van der Waals surface area contributed by atoms with Crippen LogP contribution in [0.1, 0.15) is 66.9 Å². The van der Waals surface area contributed by atoms with Crippen molar-refractivity contribution in [2.45, 2.75) is 57.7 Å². The number of unbranched alkanes of at least 4 members (excludes halogenated alkanes) is 4. The third-order valence-corrected chi connectivity index (χ3v) is 6.60. The summed E-state index contributed by atoms with van der Waals surface area (Å²) in [7, 11) is 0. The Kier molecular flexibility index (Phi) is 17.5. The van der Waals surface area contributed by atoms with Crippen molar-refractivity contribution in [1.82, 2.24) is 5.32 Å². The van der Waals surface area contributed by atoms with Crippen LogP contribution in [0.3, 0.4) is 0 Å². The number of aliphatic hydroxyl groups excluding tert-OH is 2. The van der Waals surface area contributed by atoms with Crippen molar-refractivity contribution < 1.29 is 38.7 Å². The van der Waals surface area contributed by atoms with E-state index in [1.807, 2.05) is 0 Å². The van der Waals surface area contributed by atoms with Gasteiger partial charge >= 0.3 is 5.97 Å². The lowest BCUT2D eigenvalue weighted by Gasteiger charge is -2.14. The molecule has 0 spiro atoms. The summed E-state index contributed by atoms with van der Waals surface area (Å²) in [5.41, 5.74) is 2.84. The molecule has 5 N–H and O–H groups in total. The largest absolute Gasteiger partial charge is 0.508 e. The molecule has 0 bridgehead atoms. The zero-order valence-electron chi connectivity index (χ0n) is 24.4. The molecule has 43 heavy (non-hydrogen) atoms. The van der Waals surface area contributed by atoms with E-state index in [4.69, 9.17) is 9.84 Å². The van der Waals surface area contributed by atoms with Crippen LogP contribution in [0.25, 0.3) is 6.08 Å². The molecule has 234 valence electrons. The smallest absolute Gasteiger partial charge is 0.328 e. The SMILES string of the molecule is O=C(O)/C=C/c1ccc(F)c(F)c1.OCc1cc(C(O)CNCCCCCCOCCCCc2ccccc2)ccc1O. The summed E-state index contributed by atoms with van der Waals surface area (Å²) in [6, 6.07) is 18.6. The van der Waals surface area contributed by atoms with E-state index in [9.17, 15) is 28.9 Å². The van der Waals surface area contributed by atoms with Gasteiger partial charge in [0.05, 0.1) is 12.7 Å². The highest BCUT2D eigenvalue weighted by molar-refractivity contribution is 5.85. The number of carboxylic acids is 1. The monoisotopic (exact) mass is 599 g/mol. The van der Waals surface area contributed by atoms with Crippen LogP contribution in [0.4, 0.5) is 8.78 Å². The minimum absolute atomic E-state index is 0.0533. The summed E-state index contributed by atoms with van der Waals surface area (Å²) in [4.78, 5) is 10.1. The molecule has 0 aromatic heterocycles. The molecule has 0 radical (unpaired) electrons. The third kappa shape index (κ3) is 15.4. The van der Waals surface area contributed by atoms with Crippen LogP contribution < -0.4 is 5.32 Å². The van der Waals surface area contributed by atoms with E-state index in [0.29, 0.717) is 23.2 Å². The van der Waals surface area contributed by atoms with Gasteiger partial charge in [0.15, 0.2) is 11.6 Å². The second-order valence-corrected chi connectivity index (χ2v) is 10.1. The number of hydrogen-bond donors (Lipinski definition) is 5. The van der Waals surface area contributed by atoms with Crippen molar-refractivity contribution >= 4 is 12.0 Å². The minimum atomic E-state index is -1.13. The Hall–Kier alpha value is -3.63. The van der Waals surface area contributed by atoms with Gasteiger partial charge in [-0.3, -0.25) is 0 Å². The fraction of sp³-hybridized carbons (Fsp3) is 0.382. The molecular formula is C34H43F2NO6. The predicted molar refractivity (Wildman–Crippen MR) is 164 cm³/mol. The van der Waals surface area contributed by atoms with Gasteiger partial charge in [-0.15, -0.1) is 0 Å². The lowest BCUT2D eigenvalue weighted by molar-refractivity contribution is -0.131. The molecule has 0 saturated carbocycles. The first-order chi connectivity index (χ1) is 20.8. The first kappa shape index (κ1) is 35.6. The predicted octanol–water partition coefficient (Wildman–Crippen LogP) is 6.17. The topological polar surface area (TPSA) is 119 Å². The second-order valence-electron chi connectivity index (χ2n) is 10.1. The van der Waals surface area contributed by atoms with Crippen molar-refractivity contribution in [3.63, 3.8) is 0 Å². The number of rotatable bonds is 18. The van der Waals surface area contributed by atoms with Crippen LogP contribution in [0, 0.1) is 11.6 Å². The number of ether oxygens (including phenoxy) is 1. The summed E-state index contributed by atoms with van der Waals surface area (Å²) < 4.78 is 30.7. The number of aryl methyl sites for hydroxylation is 1. The van der Waals surface area contributed by atoms with Gasteiger partial charge in [0.25, 0.3) is 0 Å². The second kappa shape index (κ2) is 21.1. The molecule has 3 aromatic carbocycles. The number of nitrogens with one attached hydrogen (secondary N) is 1. The highest BCUT2D eigenvalue weighted by atomic mass is 19.2. The molecule has 0 aliphatic rings. The van der Waals surface area contributed by atoms with Crippen molar-refractivity contribution in [2.75, 3.05) is 26.3 Å². The first-order valence-corrected chi connectivity index (χ1v) is 14.6. The van der Waals surface area contributed by atoms with E-state index < -0.39 is 23.7 Å². The number of hydrogen-bond acceptors (Lipinski definition) is 6. The van der Waals surface area contributed by atoms with E-state index in [0.717, 1.165) is 76.5 Å². The molecule has 0 fully saturated rings. The average Bonchev–Trinajstić information content (AvgIpc) is 3.01. The molecule has 7 nitrogen and oxygen atoms in total. The van der Waals surface area contributed by atoms with E-state index in [1.54, 1.807) is 12.1 Å². The normalized spacial score (nSPS) is 11.7. The van der Waals surface area contributed by atoms with Crippen LogP contribution in [0.5, 0.6) is 5.75 Å². The number of halogens is 2. The molecule has 1 unspecified atom stereocenters. The van der Waals surface area contributed by atoms with Gasteiger partial charge in [-0.25, -0.2) is 13.6 Å². The highest BCUT2D eigenvalue weighted by Gasteiger charge is 2.10. The molecule has 9 heteroatoms. The Morgan fingerprint density at radius 1 is 0.884 bits per heavy atom. The molecule has 0 heterocycles. The van der Waals surface area contributed by atoms with Crippen molar-refractivity contribution in [1.29, 1.82) is 0 Å². The Balaban J connectivity index is 0.000000413. The van der Waals surface area contributed by atoms with E-state index in [2.05, 4.69) is 35.6 Å². The standard InChI is InChI=1S/C25H37NO4.C9H6F2O2/c27-20-23-18-22(13-14-24(23)28)25(29)19-26-15-7-1-2-8-16-30-17-9-6-12-21-10-4-3-5-11-21;10-7-3-1-6(5-8(7)11)2-4-9(12)13/h3-5,10-11,13-14,18,25-29H,1-2,6-9,12,15-17,19-20H2;1-5H,(H,12,13)/b;4-2+. The maximum atomic E-state index is 12.5. The van der Waals surface area contributed by atoms with Gasteiger partial charge in [-0.05, 0) is 85.7 Å². The number of aliphatic hydroxyl groups is 2. The molecule has 0 amide bonds. The fourth-order valence-electron chi connectivity index (χ4n) is 4.17. The Labute approximate surface area is 252 Å². The maximum Gasteiger partial charge on any atom is 0.328 e. The molecule has 0 aliphatic heterocycles. The number of benzene rings is 3. The molecular weight excluding hydrogens is 556 g/mol. The zero-order chi connectivity index (χ0) is 31.3. The summed E-state index contributed by atoms with van der Waals surface area (Å²) in [5.74, 6) is -3.03. The molecule has 3 aromatic rings. The Morgan fingerprint density at radius 3 is 2.30 bits per heavy atom. The van der Waals surface area contributed by atoms with Gasteiger partial charge in [0.2, 0.25) is 0 Å². The lowest BCUT2D eigenvalue weighted by atomic mass is 10.1. The van der Waals surface area contributed by atoms with Crippen LogP contribution in [0.15, 0.2) is 72.8 Å². The molecule has 1 atom stereocenters. The van der Waals surface area contributed by atoms with Gasteiger partial charge in [-0.2, -0.15) is 0 Å². The quantitative estimate of drug-likeness (QED) is 0.0877. The number of carboxylic acid groups (broad SMARTS) is 1. The van der Waals surface area contributed by atoms with Gasteiger partial charge in [0.1, 0.15) is 5.75 Å². The number of phenols is 1. The van der Waals surface area contributed by atoms with Crippen LogP contribution in [0.2, 0.25) is 0 Å². The van der Waals surface area contributed by atoms with Crippen LogP contribution in [-0.4, -0.2) is 52.7 Å². The molecule has 0 aliphatic carbocycles. The number of carbonyl (C=O) groups is 1.